The fourth-order valence-electron chi connectivity index (χ4n) is 0.953. The van der Waals surface area contributed by atoms with Crippen LogP contribution in [0, 0.1) is 0 Å². The van der Waals surface area contributed by atoms with Gasteiger partial charge in [0.25, 0.3) is 0 Å². The van der Waals surface area contributed by atoms with E-state index in [-0.39, 0.29) is 12.2 Å². The van der Waals surface area contributed by atoms with Crippen LogP contribution in [0.25, 0.3) is 0 Å². The molecule has 9 heavy (non-hydrogen) atoms. The van der Waals surface area contributed by atoms with Gasteiger partial charge in [-0.25, -0.2) is 0 Å². The Kier molecular flexibility index (Phi) is 2.05. The Morgan fingerprint density at radius 3 is 2.44 bits per heavy atom. The second-order valence-corrected chi connectivity index (χ2v) is 2.34. The van der Waals surface area contributed by atoms with Crippen LogP contribution in [0.5, 0.6) is 0 Å². The lowest BCUT2D eigenvalue weighted by Gasteiger charge is -1.96. The van der Waals surface area contributed by atoms with Gasteiger partial charge >= 0.3 is 0 Å². The lowest BCUT2D eigenvalue weighted by molar-refractivity contribution is -0.0492. The van der Waals surface area contributed by atoms with E-state index >= 15 is 0 Å². The highest BCUT2D eigenvalue weighted by atomic mass is 16.6. The summed E-state index contributed by atoms with van der Waals surface area (Å²) in [6, 6.07) is 0. The molecule has 0 radical (unpaired) electrons. The van der Waals surface area contributed by atoms with E-state index in [2.05, 4.69) is 0 Å². The van der Waals surface area contributed by atoms with Crippen LogP contribution >= 0.6 is 0 Å². The van der Waals surface area contributed by atoms with E-state index in [1.165, 1.54) is 0 Å². The third kappa shape index (κ3) is 1.93. The van der Waals surface area contributed by atoms with Gasteiger partial charge in [-0.05, 0) is 6.42 Å². The number of rotatable bonds is 3. The maximum Gasteiger partial charge on any atom is 0.154 e. The Hall–Kier alpha value is -0.120. The second kappa shape index (κ2) is 2.64. The molecule has 0 aromatic rings. The Morgan fingerprint density at radius 1 is 1.44 bits per heavy atom. The fraction of sp³-hybridized carbons (Fsp3) is 1.00. The van der Waals surface area contributed by atoms with E-state index in [0.29, 0.717) is 6.42 Å². The van der Waals surface area contributed by atoms with Gasteiger partial charge in [-0.1, -0.05) is 6.92 Å². The molecule has 1 rings (SSSR count). The largest absolute Gasteiger partial charge is 0.369 e. The Balaban J connectivity index is 2.05. The second-order valence-electron chi connectivity index (χ2n) is 2.34. The standard InChI is InChI=1S/C6H12O3/c1-2-4-5(9-4)3-6(7)8/h4-8H,2-3H2,1H3. The van der Waals surface area contributed by atoms with Crippen molar-refractivity contribution in [3.05, 3.63) is 0 Å². The molecule has 0 aliphatic carbocycles. The summed E-state index contributed by atoms with van der Waals surface area (Å²) in [7, 11) is 0. The molecule has 0 aromatic carbocycles. The van der Waals surface area contributed by atoms with E-state index in [1.54, 1.807) is 0 Å². The summed E-state index contributed by atoms with van der Waals surface area (Å²) in [6.07, 6.45) is 0.518. The van der Waals surface area contributed by atoms with Crippen LogP contribution in [0.4, 0.5) is 0 Å². The van der Waals surface area contributed by atoms with Gasteiger partial charge in [0.1, 0.15) is 0 Å². The molecular formula is C6H12O3. The van der Waals surface area contributed by atoms with Gasteiger partial charge in [-0.2, -0.15) is 0 Å². The van der Waals surface area contributed by atoms with Crippen molar-refractivity contribution in [2.24, 2.45) is 0 Å². The van der Waals surface area contributed by atoms with Crippen molar-refractivity contribution in [1.29, 1.82) is 0 Å². The SMILES string of the molecule is CCC1OC1CC(O)O. The predicted molar refractivity (Wildman–Crippen MR) is 31.8 cm³/mol. The van der Waals surface area contributed by atoms with Gasteiger partial charge in [-0.15, -0.1) is 0 Å². The molecule has 2 unspecified atom stereocenters. The average molecular weight is 132 g/mol. The summed E-state index contributed by atoms with van der Waals surface area (Å²) in [6.45, 7) is 2.02. The summed E-state index contributed by atoms with van der Waals surface area (Å²) < 4.78 is 5.06. The molecule has 2 atom stereocenters. The van der Waals surface area contributed by atoms with Crippen LogP contribution in [-0.2, 0) is 4.74 Å². The van der Waals surface area contributed by atoms with Gasteiger partial charge in [-0.3, -0.25) is 0 Å². The summed E-state index contributed by atoms with van der Waals surface area (Å²) in [4.78, 5) is 0. The molecule has 1 fully saturated rings. The minimum Gasteiger partial charge on any atom is -0.369 e. The molecule has 2 N–H and O–H groups in total. The molecule has 3 nitrogen and oxygen atoms in total. The number of aliphatic hydroxyl groups excluding tert-OH is 1. The number of aliphatic hydroxyl groups is 2. The summed E-state index contributed by atoms with van der Waals surface area (Å²) in [5, 5.41) is 16.9. The molecule has 1 aliphatic heterocycles. The van der Waals surface area contributed by atoms with Gasteiger partial charge < -0.3 is 14.9 Å². The monoisotopic (exact) mass is 132 g/mol. The highest BCUT2D eigenvalue weighted by molar-refractivity contribution is 4.83. The lowest BCUT2D eigenvalue weighted by Crippen LogP contribution is -2.09. The zero-order valence-electron chi connectivity index (χ0n) is 5.45. The van der Waals surface area contributed by atoms with Crippen LogP contribution in [0.1, 0.15) is 19.8 Å². The summed E-state index contributed by atoms with van der Waals surface area (Å²) in [5.41, 5.74) is 0. The maximum atomic E-state index is 8.45. The van der Waals surface area contributed by atoms with Crippen molar-refractivity contribution in [3.63, 3.8) is 0 Å². The molecule has 1 saturated heterocycles. The van der Waals surface area contributed by atoms with E-state index in [4.69, 9.17) is 14.9 Å². The average Bonchev–Trinajstić information content (AvgIpc) is 2.45. The Bertz CT molecular complexity index is 92.3. The van der Waals surface area contributed by atoms with Crippen molar-refractivity contribution in [1.82, 2.24) is 0 Å². The highest BCUT2D eigenvalue weighted by Gasteiger charge is 2.37. The van der Waals surface area contributed by atoms with Gasteiger partial charge in [0, 0.05) is 6.42 Å². The third-order valence-corrected chi connectivity index (χ3v) is 1.53. The normalized spacial score (nSPS) is 33.3. The Morgan fingerprint density at radius 2 is 2.11 bits per heavy atom. The van der Waals surface area contributed by atoms with E-state index in [0.717, 1.165) is 6.42 Å². The van der Waals surface area contributed by atoms with Crippen molar-refractivity contribution >= 4 is 0 Å². The molecule has 0 bridgehead atoms. The van der Waals surface area contributed by atoms with Crippen molar-refractivity contribution in [2.75, 3.05) is 0 Å². The summed E-state index contributed by atoms with van der Waals surface area (Å²) in [5.74, 6) is 0. The van der Waals surface area contributed by atoms with Crippen molar-refractivity contribution in [3.8, 4) is 0 Å². The van der Waals surface area contributed by atoms with Crippen LogP contribution < -0.4 is 0 Å². The van der Waals surface area contributed by atoms with Crippen molar-refractivity contribution in [2.45, 2.75) is 38.3 Å². The highest BCUT2D eigenvalue weighted by Crippen LogP contribution is 2.28. The first-order valence-corrected chi connectivity index (χ1v) is 3.25. The number of epoxide rings is 1. The zero-order chi connectivity index (χ0) is 6.85. The van der Waals surface area contributed by atoms with Crippen LogP contribution in [-0.4, -0.2) is 28.7 Å². The fourth-order valence-corrected chi connectivity index (χ4v) is 0.953. The number of hydrogen-bond acceptors (Lipinski definition) is 3. The lowest BCUT2D eigenvalue weighted by atomic mass is 10.2. The molecule has 0 aromatic heterocycles. The first kappa shape index (κ1) is 6.99. The molecular weight excluding hydrogens is 120 g/mol. The third-order valence-electron chi connectivity index (χ3n) is 1.53. The van der Waals surface area contributed by atoms with Gasteiger partial charge in [0.15, 0.2) is 6.29 Å². The van der Waals surface area contributed by atoms with Crippen LogP contribution in [0.3, 0.4) is 0 Å². The molecule has 54 valence electrons. The predicted octanol–water partition coefficient (Wildman–Crippen LogP) is -0.135. The molecule has 3 heteroatoms. The molecule has 1 aliphatic rings. The number of ether oxygens (including phenoxy) is 1. The molecule has 0 spiro atoms. The van der Waals surface area contributed by atoms with Crippen LogP contribution in [0.15, 0.2) is 0 Å². The minimum absolute atomic E-state index is 0.106. The number of hydrogen-bond donors (Lipinski definition) is 2. The maximum absolute atomic E-state index is 8.45. The minimum atomic E-state index is -1.20. The topological polar surface area (TPSA) is 53.0 Å². The first-order chi connectivity index (χ1) is 4.24. The van der Waals surface area contributed by atoms with Crippen molar-refractivity contribution < 1.29 is 14.9 Å². The van der Waals surface area contributed by atoms with Gasteiger partial charge in [0.05, 0.1) is 12.2 Å². The Labute approximate surface area is 54.3 Å². The molecule has 0 saturated carbocycles. The zero-order valence-corrected chi connectivity index (χ0v) is 5.45. The summed E-state index contributed by atoms with van der Waals surface area (Å²) >= 11 is 0. The smallest absolute Gasteiger partial charge is 0.154 e. The van der Waals surface area contributed by atoms with E-state index in [9.17, 15) is 0 Å². The van der Waals surface area contributed by atoms with Gasteiger partial charge in [0.2, 0.25) is 0 Å². The first-order valence-electron chi connectivity index (χ1n) is 3.25. The van der Waals surface area contributed by atoms with E-state index in [1.807, 2.05) is 6.92 Å². The van der Waals surface area contributed by atoms with E-state index < -0.39 is 6.29 Å². The van der Waals surface area contributed by atoms with Crippen LogP contribution in [0.2, 0.25) is 0 Å². The molecule has 1 heterocycles. The molecule has 0 amide bonds. The quantitative estimate of drug-likeness (QED) is 0.415.